The summed E-state index contributed by atoms with van der Waals surface area (Å²) in [5.74, 6) is -1.91. The van der Waals surface area contributed by atoms with Crippen molar-refractivity contribution < 1.29 is 27.5 Å². The highest BCUT2D eigenvalue weighted by Crippen LogP contribution is 2.23. The molecule has 2 amide bonds. The highest BCUT2D eigenvalue weighted by Gasteiger charge is 2.25. The number of para-hydroxylation sites is 1. The van der Waals surface area contributed by atoms with E-state index in [9.17, 15) is 22.8 Å². The number of hydrogen-bond donors (Lipinski definition) is 3. The van der Waals surface area contributed by atoms with Gasteiger partial charge in [-0.25, -0.2) is 18.4 Å². The number of anilines is 1. The Morgan fingerprint density at radius 2 is 1.83 bits per heavy atom. The minimum Gasteiger partial charge on any atom is -0.452 e. The van der Waals surface area contributed by atoms with Gasteiger partial charge in [0.05, 0.1) is 21.8 Å². The molecule has 0 bridgehead atoms. The van der Waals surface area contributed by atoms with E-state index in [2.05, 4.69) is 10.6 Å². The maximum absolute atomic E-state index is 12.3. The first-order valence-corrected chi connectivity index (χ1v) is 10.8. The summed E-state index contributed by atoms with van der Waals surface area (Å²) in [6.45, 7) is -0.648. The van der Waals surface area contributed by atoms with Crippen molar-refractivity contribution in [2.75, 3.05) is 11.9 Å². The molecule has 0 aromatic heterocycles. The molecule has 0 aliphatic heterocycles. The fourth-order valence-corrected chi connectivity index (χ4v) is 3.60. The summed E-state index contributed by atoms with van der Waals surface area (Å²) in [6.07, 6.45) is 1.85. The predicted molar refractivity (Wildman–Crippen MR) is 109 cm³/mol. The standard InChI is InChI=1S/C19H18ClN3O6S/c20-14-8-5-11(9-16(14)30(21,27)28)19(26)29-10-17(24)23-15-4-2-1-3-13(15)18(25)22-12-6-7-12/h1-5,8-9,12H,6-7,10H2,(H,22,25)(H,23,24)(H2,21,27,28). The van der Waals surface area contributed by atoms with Gasteiger partial charge in [0.1, 0.15) is 4.90 Å². The van der Waals surface area contributed by atoms with Gasteiger partial charge in [0.2, 0.25) is 10.0 Å². The van der Waals surface area contributed by atoms with E-state index in [4.69, 9.17) is 21.5 Å². The van der Waals surface area contributed by atoms with Gasteiger partial charge in [-0.05, 0) is 43.2 Å². The van der Waals surface area contributed by atoms with Gasteiger partial charge >= 0.3 is 5.97 Å². The van der Waals surface area contributed by atoms with Crippen molar-refractivity contribution >= 4 is 45.1 Å². The summed E-state index contributed by atoms with van der Waals surface area (Å²) in [5, 5.41) is 10.3. The van der Waals surface area contributed by atoms with Crippen LogP contribution in [0.4, 0.5) is 5.69 Å². The maximum Gasteiger partial charge on any atom is 0.338 e. The van der Waals surface area contributed by atoms with E-state index < -0.39 is 33.4 Å². The van der Waals surface area contributed by atoms with Crippen LogP contribution >= 0.6 is 11.6 Å². The Hall–Kier alpha value is -2.95. The second-order valence-corrected chi connectivity index (χ2v) is 8.54. The number of sulfonamides is 1. The van der Waals surface area contributed by atoms with Crippen molar-refractivity contribution in [3.05, 3.63) is 58.6 Å². The van der Waals surface area contributed by atoms with E-state index in [1.54, 1.807) is 24.3 Å². The van der Waals surface area contributed by atoms with Crippen molar-refractivity contribution in [3.8, 4) is 0 Å². The molecule has 3 rings (SSSR count). The molecule has 0 heterocycles. The zero-order chi connectivity index (χ0) is 21.9. The normalized spacial score (nSPS) is 13.4. The van der Waals surface area contributed by atoms with Gasteiger partial charge in [-0.1, -0.05) is 23.7 Å². The van der Waals surface area contributed by atoms with Gasteiger partial charge in [-0.3, -0.25) is 9.59 Å². The average molecular weight is 452 g/mol. The average Bonchev–Trinajstić information content (AvgIpc) is 3.50. The van der Waals surface area contributed by atoms with Crippen LogP contribution in [0.2, 0.25) is 5.02 Å². The minimum absolute atomic E-state index is 0.138. The smallest absolute Gasteiger partial charge is 0.338 e. The fraction of sp³-hybridized carbons (Fsp3) is 0.211. The van der Waals surface area contributed by atoms with Crippen molar-refractivity contribution in [1.29, 1.82) is 0 Å². The summed E-state index contributed by atoms with van der Waals surface area (Å²) in [7, 11) is -4.14. The molecule has 0 saturated heterocycles. The molecular formula is C19H18ClN3O6S. The largest absolute Gasteiger partial charge is 0.452 e. The lowest BCUT2D eigenvalue weighted by molar-refractivity contribution is -0.119. The lowest BCUT2D eigenvalue weighted by atomic mass is 10.1. The van der Waals surface area contributed by atoms with E-state index in [0.717, 1.165) is 18.9 Å². The van der Waals surface area contributed by atoms with Crippen molar-refractivity contribution in [1.82, 2.24) is 5.32 Å². The molecule has 4 N–H and O–H groups in total. The number of ether oxygens (including phenoxy) is 1. The SMILES string of the molecule is NS(=O)(=O)c1cc(C(=O)OCC(=O)Nc2ccccc2C(=O)NC2CC2)ccc1Cl. The third-order valence-corrected chi connectivity index (χ3v) is 5.56. The third-order valence-electron chi connectivity index (χ3n) is 4.17. The number of amides is 2. The molecule has 30 heavy (non-hydrogen) atoms. The quantitative estimate of drug-likeness (QED) is 0.546. The van der Waals surface area contributed by atoms with E-state index >= 15 is 0 Å². The zero-order valence-corrected chi connectivity index (χ0v) is 17.1. The first-order valence-electron chi connectivity index (χ1n) is 8.84. The molecule has 11 heteroatoms. The molecule has 9 nitrogen and oxygen atoms in total. The summed E-state index contributed by atoms with van der Waals surface area (Å²) in [6, 6.07) is 10.0. The Morgan fingerprint density at radius 1 is 1.13 bits per heavy atom. The van der Waals surface area contributed by atoms with E-state index in [1.165, 1.54) is 12.1 Å². The summed E-state index contributed by atoms with van der Waals surface area (Å²) in [4.78, 5) is 36.2. The minimum atomic E-state index is -4.14. The number of nitrogens with two attached hydrogens (primary N) is 1. The Balaban J connectivity index is 1.63. The molecular weight excluding hydrogens is 434 g/mol. The van der Waals surface area contributed by atoms with E-state index in [1.807, 2.05) is 0 Å². The van der Waals surface area contributed by atoms with Gasteiger partial charge in [0, 0.05) is 6.04 Å². The van der Waals surface area contributed by atoms with Crippen LogP contribution in [0.1, 0.15) is 33.6 Å². The summed E-state index contributed by atoms with van der Waals surface area (Å²) >= 11 is 5.77. The van der Waals surface area contributed by atoms with Gasteiger partial charge in [-0.2, -0.15) is 0 Å². The molecule has 2 aromatic carbocycles. The Kier molecular flexibility index (Phi) is 6.40. The van der Waals surface area contributed by atoms with Crippen molar-refractivity contribution in [2.45, 2.75) is 23.8 Å². The zero-order valence-electron chi connectivity index (χ0n) is 15.6. The van der Waals surface area contributed by atoms with Crippen molar-refractivity contribution in [3.63, 3.8) is 0 Å². The first kappa shape index (κ1) is 21.8. The Labute approximate surface area is 177 Å². The lowest BCUT2D eigenvalue weighted by Gasteiger charge is -2.11. The van der Waals surface area contributed by atoms with Crippen molar-refractivity contribution in [2.24, 2.45) is 5.14 Å². The van der Waals surface area contributed by atoms with Crippen LogP contribution in [0.3, 0.4) is 0 Å². The van der Waals surface area contributed by atoms with Gasteiger partial charge < -0.3 is 15.4 Å². The molecule has 1 saturated carbocycles. The summed E-state index contributed by atoms with van der Waals surface area (Å²) < 4.78 is 27.9. The van der Waals surface area contributed by atoms with E-state index in [0.29, 0.717) is 5.56 Å². The highest BCUT2D eigenvalue weighted by atomic mass is 35.5. The highest BCUT2D eigenvalue weighted by molar-refractivity contribution is 7.89. The number of esters is 1. The van der Waals surface area contributed by atoms with Gasteiger partial charge in [-0.15, -0.1) is 0 Å². The van der Waals surface area contributed by atoms with Crippen LogP contribution in [0.15, 0.2) is 47.4 Å². The lowest BCUT2D eigenvalue weighted by Crippen LogP contribution is -2.28. The molecule has 0 radical (unpaired) electrons. The molecule has 158 valence electrons. The number of hydrogen-bond acceptors (Lipinski definition) is 6. The maximum atomic E-state index is 12.3. The predicted octanol–water partition coefficient (Wildman–Crippen LogP) is 1.68. The summed E-state index contributed by atoms with van der Waals surface area (Å²) in [5.41, 5.74) is 0.430. The first-order chi connectivity index (χ1) is 14.1. The Bertz CT molecular complexity index is 1120. The molecule has 0 spiro atoms. The molecule has 1 aliphatic carbocycles. The van der Waals surface area contributed by atoms with Gasteiger partial charge in [0.15, 0.2) is 6.61 Å². The molecule has 1 fully saturated rings. The third kappa shape index (κ3) is 5.56. The van der Waals surface area contributed by atoms with Crippen LogP contribution in [0, 0.1) is 0 Å². The van der Waals surface area contributed by atoms with Crippen LogP contribution < -0.4 is 15.8 Å². The monoisotopic (exact) mass is 451 g/mol. The molecule has 2 aromatic rings. The number of rotatable bonds is 7. The number of primary sulfonamides is 1. The van der Waals surface area contributed by atoms with E-state index in [-0.39, 0.29) is 28.2 Å². The number of halogens is 1. The van der Waals surface area contributed by atoms with Gasteiger partial charge in [0.25, 0.3) is 11.8 Å². The molecule has 0 unspecified atom stereocenters. The van der Waals surface area contributed by atoms with Crippen LogP contribution in [0.5, 0.6) is 0 Å². The Morgan fingerprint density at radius 3 is 2.50 bits per heavy atom. The molecule has 1 aliphatic rings. The second kappa shape index (κ2) is 8.82. The number of benzene rings is 2. The second-order valence-electron chi connectivity index (χ2n) is 6.61. The van der Waals surface area contributed by atoms with Crippen LogP contribution in [-0.2, 0) is 19.6 Å². The number of carbonyl (C=O) groups excluding carboxylic acids is 3. The molecule has 0 atom stereocenters. The number of carbonyl (C=O) groups is 3. The van der Waals surface area contributed by atoms with Crippen LogP contribution in [-0.4, -0.2) is 38.9 Å². The topological polar surface area (TPSA) is 145 Å². The van der Waals surface area contributed by atoms with Crippen LogP contribution in [0.25, 0.3) is 0 Å². The number of nitrogens with one attached hydrogen (secondary N) is 2. The fourth-order valence-electron chi connectivity index (χ4n) is 2.53.